The Hall–Kier alpha value is -1.60. The standard InChI is InChI=1S/C26H31IO4/c1-25(2)9-10-26(3,4)20-11-16(5-7-19(20)25)23(14-28)31-22-8-6-15(12-21(22)27)17-13-18(17)24(29)30/h5-8,11-12,17-18,23,28H,9-10,13-14H2,1-4H3,(H,29,30). The van der Waals surface area contributed by atoms with E-state index in [1.807, 2.05) is 18.2 Å². The van der Waals surface area contributed by atoms with Crippen LogP contribution >= 0.6 is 22.6 Å². The monoisotopic (exact) mass is 534 g/mol. The molecule has 0 saturated heterocycles. The maximum atomic E-state index is 11.2. The lowest BCUT2D eigenvalue weighted by Gasteiger charge is -2.42. The number of hydrogen-bond acceptors (Lipinski definition) is 3. The number of carbonyl (C=O) groups is 1. The van der Waals surface area contributed by atoms with E-state index in [9.17, 15) is 15.0 Å². The van der Waals surface area contributed by atoms with Gasteiger partial charge in [0.25, 0.3) is 0 Å². The van der Waals surface area contributed by atoms with Crippen LogP contribution in [-0.2, 0) is 15.6 Å². The molecule has 3 unspecified atom stereocenters. The largest absolute Gasteiger partial charge is 0.482 e. The van der Waals surface area contributed by atoms with Gasteiger partial charge in [-0.15, -0.1) is 0 Å². The minimum atomic E-state index is -0.723. The maximum absolute atomic E-state index is 11.2. The van der Waals surface area contributed by atoms with Crippen LogP contribution in [0.3, 0.4) is 0 Å². The summed E-state index contributed by atoms with van der Waals surface area (Å²) in [6, 6.07) is 12.4. The predicted octanol–water partition coefficient (Wildman–Crippen LogP) is 5.94. The van der Waals surface area contributed by atoms with Crippen molar-refractivity contribution in [2.45, 2.75) is 69.8 Å². The van der Waals surface area contributed by atoms with Crippen molar-refractivity contribution in [3.63, 3.8) is 0 Å². The molecule has 4 nitrogen and oxygen atoms in total. The molecule has 1 fully saturated rings. The van der Waals surface area contributed by atoms with Gasteiger partial charge in [-0.3, -0.25) is 4.79 Å². The summed E-state index contributed by atoms with van der Waals surface area (Å²) in [4.78, 5) is 11.2. The Morgan fingerprint density at radius 3 is 2.35 bits per heavy atom. The number of aliphatic hydroxyl groups is 1. The fourth-order valence-electron chi connectivity index (χ4n) is 4.85. The first-order valence-corrected chi connectivity index (χ1v) is 12.1. The molecule has 1 saturated carbocycles. The number of aliphatic hydroxyl groups excluding tert-OH is 1. The van der Waals surface area contributed by atoms with Gasteiger partial charge in [0.2, 0.25) is 0 Å². The Morgan fingerprint density at radius 2 is 1.77 bits per heavy atom. The summed E-state index contributed by atoms with van der Waals surface area (Å²) in [5.74, 6) is -0.178. The molecule has 2 N–H and O–H groups in total. The molecule has 2 aromatic carbocycles. The molecule has 0 amide bonds. The van der Waals surface area contributed by atoms with Crippen molar-refractivity contribution in [2.24, 2.45) is 5.92 Å². The van der Waals surface area contributed by atoms with Gasteiger partial charge in [0.05, 0.1) is 16.1 Å². The molecule has 4 rings (SSSR count). The zero-order valence-corrected chi connectivity index (χ0v) is 20.8. The molecule has 166 valence electrons. The van der Waals surface area contributed by atoms with Crippen LogP contribution in [0.1, 0.15) is 81.2 Å². The van der Waals surface area contributed by atoms with Crippen LogP contribution in [0.4, 0.5) is 0 Å². The van der Waals surface area contributed by atoms with Gasteiger partial charge in [-0.05, 0) is 93.0 Å². The molecule has 2 aliphatic carbocycles. The lowest BCUT2D eigenvalue weighted by atomic mass is 9.63. The van der Waals surface area contributed by atoms with Crippen LogP contribution < -0.4 is 4.74 Å². The third-order valence-corrected chi connectivity index (χ3v) is 8.02. The molecule has 31 heavy (non-hydrogen) atoms. The predicted molar refractivity (Wildman–Crippen MR) is 130 cm³/mol. The summed E-state index contributed by atoms with van der Waals surface area (Å²) in [5, 5.41) is 19.3. The second kappa shape index (κ2) is 8.07. The Balaban J connectivity index is 1.58. The number of hydrogen-bond donors (Lipinski definition) is 2. The van der Waals surface area contributed by atoms with Crippen molar-refractivity contribution in [1.82, 2.24) is 0 Å². The van der Waals surface area contributed by atoms with Crippen LogP contribution in [-0.4, -0.2) is 22.8 Å². The Kier molecular flexibility index (Phi) is 5.88. The van der Waals surface area contributed by atoms with Gasteiger partial charge >= 0.3 is 5.97 Å². The van der Waals surface area contributed by atoms with Gasteiger partial charge in [0.1, 0.15) is 11.9 Å². The van der Waals surface area contributed by atoms with E-state index in [1.165, 1.54) is 17.5 Å². The van der Waals surface area contributed by atoms with E-state index in [0.717, 1.165) is 21.1 Å². The van der Waals surface area contributed by atoms with E-state index in [2.05, 4.69) is 68.5 Å². The number of halogens is 1. The molecular weight excluding hydrogens is 503 g/mol. The number of fused-ring (bicyclic) bond motifs is 1. The lowest BCUT2D eigenvalue weighted by molar-refractivity contribution is -0.138. The van der Waals surface area contributed by atoms with Crippen LogP contribution in [0.25, 0.3) is 0 Å². The van der Waals surface area contributed by atoms with Crippen molar-refractivity contribution < 1.29 is 19.7 Å². The summed E-state index contributed by atoms with van der Waals surface area (Å²) in [6.45, 7) is 9.09. The highest BCUT2D eigenvalue weighted by molar-refractivity contribution is 14.1. The van der Waals surface area contributed by atoms with E-state index < -0.39 is 12.1 Å². The fraction of sp³-hybridized carbons (Fsp3) is 0.500. The van der Waals surface area contributed by atoms with E-state index in [0.29, 0.717) is 12.2 Å². The molecule has 0 bridgehead atoms. The quantitative estimate of drug-likeness (QED) is 0.451. The first-order chi connectivity index (χ1) is 14.5. The fourth-order valence-corrected chi connectivity index (χ4v) is 5.52. The molecule has 0 heterocycles. The van der Waals surface area contributed by atoms with Crippen LogP contribution in [0.2, 0.25) is 0 Å². The Bertz CT molecular complexity index is 1010. The Labute approximate surface area is 198 Å². The zero-order valence-electron chi connectivity index (χ0n) is 18.6. The molecule has 0 radical (unpaired) electrons. The summed E-state index contributed by atoms with van der Waals surface area (Å²) >= 11 is 2.23. The van der Waals surface area contributed by atoms with Crippen molar-refractivity contribution >= 4 is 28.6 Å². The average Bonchev–Trinajstić information content (AvgIpc) is 3.52. The lowest BCUT2D eigenvalue weighted by Crippen LogP contribution is -2.34. The van der Waals surface area contributed by atoms with Gasteiger partial charge in [-0.2, -0.15) is 0 Å². The normalized spacial score (nSPS) is 24.2. The minimum absolute atomic E-state index is 0.0972. The van der Waals surface area contributed by atoms with E-state index in [4.69, 9.17) is 4.74 Å². The first-order valence-electron chi connectivity index (χ1n) is 11.0. The summed E-state index contributed by atoms with van der Waals surface area (Å²) in [5.41, 5.74) is 5.02. The topological polar surface area (TPSA) is 66.8 Å². The van der Waals surface area contributed by atoms with Gasteiger partial charge in [-0.25, -0.2) is 0 Å². The van der Waals surface area contributed by atoms with Crippen molar-refractivity contribution in [3.05, 3.63) is 62.2 Å². The number of carboxylic acids is 1. The second-order valence-corrected chi connectivity index (χ2v) is 11.5. The molecular formula is C26H31IO4. The van der Waals surface area contributed by atoms with E-state index in [1.54, 1.807) is 0 Å². The van der Waals surface area contributed by atoms with Gasteiger partial charge in [-0.1, -0.05) is 52.0 Å². The number of rotatable bonds is 6. The number of aliphatic carboxylic acids is 1. The summed E-state index contributed by atoms with van der Waals surface area (Å²) in [7, 11) is 0. The third kappa shape index (κ3) is 4.36. The maximum Gasteiger partial charge on any atom is 0.307 e. The molecule has 3 atom stereocenters. The molecule has 5 heteroatoms. The molecule has 2 aromatic rings. The molecule has 0 spiro atoms. The highest BCUT2D eigenvalue weighted by atomic mass is 127. The van der Waals surface area contributed by atoms with E-state index >= 15 is 0 Å². The summed E-state index contributed by atoms with van der Waals surface area (Å²) < 4.78 is 7.18. The van der Waals surface area contributed by atoms with Gasteiger partial charge < -0.3 is 14.9 Å². The smallest absolute Gasteiger partial charge is 0.307 e. The number of benzene rings is 2. The minimum Gasteiger partial charge on any atom is -0.482 e. The molecule has 0 aliphatic heterocycles. The zero-order chi connectivity index (χ0) is 22.6. The summed E-state index contributed by atoms with van der Waals surface area (Å²) in [6.07, 6.45) is 2.56. The van der Waals surface area contributed by atoms with Crippen LogP contribution in [0.15, 0.2) is 36.4 Å². The SMILES string of the molecule is CC1(C)CCC(C)(C)c2cc(C(CO)Oc3ccc(C4CC4C(=O)O)cc3I)ccc21. The van der Waals surface area contributed by atoms with Gasteiger partial charge in [0, 0.05) is 0 Å². The average molecular weight is 534 g/mol. The van der Waals surface area contributed by atoms with Crippen molar-refractivity contribution in [1.29, 1.82) is 0 Å². The highest BCUT2D eigenvalue weighted by Crippen LogP contribution is 2.49. The Morgan fingerprint density at radius 1 is 1.10 bits per heavy atom. The highest BCUT2D eigenvalue weighted by Gasteiger charge is 2.44. The molecule has 2 aliphatic rings. The third-order valence-electron chi connectivity index (χ3n) is 7.18. The van der Waals surface area contributed by atoms with E-state index in [-0.39, 0.29) is 29.3 Å². The number of ether oxygens (including phenoxy) is 1. The first kappa shape index (κ1) is 22.6. The van der Waals surface area contributed by atoms with Gasteiger partial charge in [0.15, 0.2) is 0 Å². The van der Waals surface area contributed by atoms with Crippen molar-refractivity contribution in [2.75, 3.05) is 6.61 Å². The van der Waals surface area contributed by atoms with Crippen LogP contribution in [0, 0.1) is 9.49 Å². The second-order valence-electron chi connectivity index (χ2n) is 10.3. The molecule has 0 aromatic heterocycles. The number of carboxylic acid groups (broad SMARTS) is 1. The van der Waals surface area contributed by atoms with Crippen molar-refractivity contribution in [3.8, 4) is 5.75 Å². The van der Waals surface area contributed by atoms with Crippen LogP contribution in [0.5, 0.6) is 5.75 Å².